The molecule has 0 aromatic heterocycles. The summed E-state index contributed by atoms with van der Waals surface area (Å²) in [7, 11) is -3.80. The third-order valence-corrected chi connectivity index (χ3v) is 7.39. The molecule has 0 spiro atoms. The summed E-state index contributed by atoms with van der Waals surface area (Å²) < 4.78 is 29.1. The number of rotatable bonds is 7. The van der Waals surface area contributed by atoms with E-state index in [1.807, 2.05) is 43.3 Å². The lowest BCUT2D eigenvalue weighted by Crippen LogP contribution is -2.38. The molecule has 2 unspecified atom stereocenters. The maximum Gasteiger partial charge on any atom is 0.241 e. The largest absolute Gasteiger partial charge is 0.241 e. The first-order valence-corrected chi connectivity index (χ1v) is 12.0. The van der Waals surface area contributed by atoms with Gasteiger partial charge in [-0.05, 0) is 73.4 Å². The molecule has 0 radical (unpaired) electrons. The molecular weight excluding hydrogens is 451 g/mol. The van der Waals surface area contributed by atoms with Crippen molar-refractivity contribution in [2.75, 3.05) is 0 Å². The highest BCUT2D eigenvalue weighted by atomic mass is 35.5. The molecule has 0 aliphatic heterocycles. The third kappa shape index (κ3) is 5.87. The molecule has 0 heterocycles. The number of sulfonamides is 1. The zero-order valence-corrected chi connectivity index (χ0v) is 19.5. The maximum atomic E-state index is 13.1. The molecule has 2 atom stereocenters. The molecule has 0 saturated carbocycles. The highest BCUT2D eigenvalue weighted by Gasteiger charge is 2.27. The van der Waals surface area contributed by atoms with Crippen LogP contribution in [0, 0.1) is 18.3 Å². The maximum absolute atomic E-state index is 13.1. The van der Waals surface area contributed by atoms with E-state index >= 15 is 0 Å². The minimum absolute atomic E-state index is 0.155. The normalized spacial score (nSPS) is 13.4. The first-order valence-electron chi connectivity index (χ1n) is 9.72. The van der Waals surface area contributed by atoms with Gasteiger partial charge in [-0.2, -0.15) is 5.26 Å². The summed E-state index contributed by atoms with van der Waals surface area (Å²) in [6.07, 6.45) is 0.574. The highest BCUT2D eigenvalue weighted by Crippen LogP contribution is 2.28. The Morgan fingerprint density at radius 2 is 1.68 bits per heavy atom. The second-order valence-electron chi connectivity index (χ2n) is 7.49. The number of halogens is 2. The van der Waals surface area contributed by atoms with Crippen molar-refractivity contribution in [1.29, 1.82) is 5.26 Å². The van der Waals surface area contributed by atoms with Crippen LogP contribution in [0.15, 0.2) is 71.6 Å². The van der Waals surface area contributed by atoms with Gasteiger partial charge >= 0.3 is 0 Å². The predicted molar refractivity (Wildman–Crippen MR) is 125 cm³/mol. The Morgan fingerprint density at radius 1 is 1.00 bits per heavy atom. The molecule has 160 valence electrons. The van der Waals surface area contributed by atoms with Crippen molar-refractivity contribution in [3.63, 3.8) is 0 Å². The van der Waals surface area contributed by atoms with E-state index in [1.165, 1.54) is 6.07 Å². The molecule has 0 fully saturated rings. The summed E-state index contributed by atoms with van der Waals surface area (Å²) in [6, 6.07) is 21.2. The van der Waals surface area contributed by atoms with Gasteiger partial charge in [-0.25, -0.2) is 13.1 Å². The van der Waals surface area contributed by atoms with Crippen LogP contribution in [0.3, 0.4) is 0 Å². The van der Waals surface area contributed by atoms with E-state index in [2.05, 4.69) is 10.8 Å². The lowest BCUT2D eigenvalue weighted by atomic mass is 9.86. The summed E-state index contributed by atoms with van der Waals surface area (Å²) in [6.45, 7) is 3.56. The van der Waals surface area contributed by atoms with Crippen LogP contribution in [-0.2, 0) is 16.4 Å². The lowest BCUT2D eigenvalue weighted by Gasteiger charge is -2.26. The topological polar surface area (TPSA) is 70.0 Å². The van der Waals surface area contributed by atoms with E-state index in [4.69, 9.17) is 23.2 Å². The van der Waals surface area contributed by atoms with Crippen molar-refractivity contribution in [2.45, 2.75) is 37.1 Å². The average Bonchev–Trinajstić information content (AvgIpc) is 2.74. The highest BCUT2D eigenvalue weighted by molar-refractivity contribution is 7.89. The Morgan fingerprint density at radius 3 is 2.35 bits per heavy atom. The van der Waals surface area contributed by atoms with Gasteiger partial charge in [0.1, 0.15) is 0 Å². The molecule has 3 aromatic carbocycles. The summed E-state index contributed by atoms with van der Waals surface area (Å²) in [5.74, 6) is -0.205. The molecule has 31 heavy (non-hydrogen) atoms. The molecule has 0 amide bonds. The van der Waals surface area contributed by atoms with Crippen molar-refractivity contribution in [2.24, 2.45) is 0 Å². The number of hydrogen-bond acceptors (Lipinski definition) is 3. The molecular formula is C24H22Cl2N2O2S. The minimum Gasteiger partial charge on any atom is -0.208 e. The van der Waals surface area contributed by atoms with Gasteiger partial charge in [0, 0.05) is 22.0 Å². The fourth-order valence-electron chi connectivity index (χ4n) is 3.55. The quantitative estimate of drug-likeness (QED) is 0.467. The minimum atomic E-state index is -3.80. The van der Waals surface area contributed by atoms with Crippen LogP contribution in [0.4, 0.5) is 0 Å². The predicted octanol–water partition coefficient (Wildman–Crippen LogP) is 5.87. The SMILES string of the molecule is Cc1ccc(Cl)cc1S(=O)(=O)NC(C)C(Cc1ccc(Cl)cc1)c1cccc(C#N)c1. The fourth-order valence-corrected chi connectivity index (χ4v) is 5.47. The molecule has 0 saturated heterocycles. The van der Waals surface area contributed by atoms with Gasteiger partial charge in [0.05, 0.1) is 16.5 Å². The first-order chi connectivity index (χ1) is 14.7. The smallest absolute Gasteiger partial charge is 0.208 e. The van der Waals surface area contributed by atoms with E-state index in [-0.39, 0.29) is 10.8 Å². The molecule has 0 aliphatic carbocycles. The molecule has 0 bridgehead atoms. The molecule has 4 nitrogen and oxygen atoms in total. The van der Waals surface area contributed by atoms with Crippen molar-refractivity contribution >= 4 is 33.2 Å². The Labute approximate surface area is 193 Å². The number of benzene rings is 3. The van der Waals surface area contributed by atoms with Gasteiger partial charge < -0.3 is 0 Å². The fraction of sp³-hybridized carbons (Fsp3) is 0.208. The van der Waals surface area contributed by atoms with Gasteiger partial charge in [-0.1, -0.05) is 53.5 Å². The van der Waals surface area contributed by atoms with Crippen LogP contribution in [0.2, 0.25) is 10.0 Å². The van der Waals surface area contributed by atoms with Gasteiger partial charge in [0.2, 0.25) is 10.0 Å². The van der Waals surface area contributed by atoms with Crippen LogP contribution in [0.1, 0.15) is 35.1 Å². The molecule has 0 aliphatic rings. The standard InChI is InChI=1S/C24H22Cl2N2O2S/c1-16-6-9-22(26)14-24(16)31(29,30)28-17(2)23(13-18-7-10-21(25)11-8-18)20-5-3-4-19(12-20)15-27/h3-12,14,17,23,28H,13H2,1-2H3. The number of nitrogens with zero attached hydrogens (tertiary/aromatic N) is 1. The Bertz CT molecular complexity index is 1220. The van der Waals surface area contributed by atoms with Crippen molar-refractivity contribution in [1.82, 2.24) is 4.72 Å². The third-order valence-electron chi connectivity index (χ3n) is 5.20. The van der Waals surface area contributed by atoms with E-state index in [9.17, 15) is 13.7 Å². The molecule has 3 aromatic rings. The van der Waals surface area contributed by atoms with E-state index in [1.54, 1.807) is 31.2 Å². The Kier molecular flexibility index (Phi) is 7.40. The second kappa shape index (κ2) is 9.84. The number of nitriles is 1. The lowest BCUT2D eigenvalue weighted by molar-refractivity contribution is 0.503. The van der Waals surface area contributed by atoms with Gasteiger partial charge in [0.15, 0.2) is 0 Å². The van der Waals surface area contributed by atoms with Crippen LogP contribution < -0.4 is 4.72 Å². The van der Waals surface area contributed by atoms with Gasteiger partial charge in [0.25, 0.3) is 0 Å². The number of aryl methyl sites for hydroxylation is 1. The number of nitrogens with one attached hydrogen (secondary N) is 1. The van der Waals surface area contributed by atoms with Crippen LogP contribution in [0.25, 0.3) is 0 Å². The first kappa shape index (κ1) is 23.3. The second-order valence-corrected chi connectivity index (χ2v) is 10.0. The summed E-state index contributed by atoms with van der Waals surface area (Å²) >= 11 is 12.0. The van der Waals surface area contributed by atoms with Crippen LogP contribution in [0.5, 0.6) is 0 Å². The Hall–Kier alpha value is -2.36. The summed E-state index contributed by atoms with van der Waals surface area (Å²) in [5.41, 5.74) is 3.04. The molecule has 3 rings (SSSR count). The van der Waals surface area contributed by atoms with Crippen molar-refractivity contribution < 1.29 is 8.42 Å². The van der Waals surface area contributed by atoms with Gasteiger partial charge in [-0.15, -0.1) is 0 Å². The van der Waals surface area contributed by atoms with E-state index < -0.39 is 16.1 Å². The molecule has 1 N–H and O–H groups in total. The van der Waals surface area contributed by atoms with Gasteiger partial charge in [-0.3, -0.25) is 0 Å². The van der Waals surface area contributed by atoms with Crippen LogP contribution >= 0.6 is 23.2 Å². The van der Waals surface area contributed by atoms with Crippen LogP contribution in [-0.4, -0.2) is 14.5 Å². The number of hydrogen-bond donors (Lipinski definition) is 1. The van der Waals surface area contributed by atoms with E-state index in [0.29, 0.717) is 27.6 Å². The Balaban J connectivity index is 1.96. The summed E-state index contributed by atoms with van der Waals surface area (Å²) in [4.78, 5) is 0.155. The summed E-state index contributed by atoms with van der Waals surface area (Å²) in [5, 5.41) is 10.3. The average molecular weight is 473 g/mol. The van der Waals surface area contributed by atoms with Crippen molar-refractivity contribution in [3.05, 3.63) is 99.0 Å². The van der Waals surface area contributed by atoms with E-state index in [0.717, 1.165) is 11.1 Å². The van der Waals surface area contributed by atoms with Crippen molar-refractivity contribution in [3.8, 4) is 6.07 Å². The zero-order valence-electron chi connectivity index (χ0n) is 17.1. The zero-order chi connectivity index (χ0) is 22.6. The monoisotopic (exact) mass is 472 g/mol. The molecule has 7 heteroatoms.